The number of unbranched alkanes of at least 4 members (excludes halogenated alkanes) is 4. The van der Waals surface area contributed by atoms with Crippen LogP contribution in [0, 0.1) is 37.5 Å². The predicted molar refractivity (Wildman–Crippen MR) is 290 cm³/mol. The van der Waals surface area contributed by atoms with E-state index in [1.165, 1.54) is 182 Å². The molecule has 8 rings (SSSR count). The summed E-state index contributed by atoms with van der Waals surface area (Å²) in [5.41, 5.74) is 14.3. The Hall–Kier alpha value is -2.86. The van der Waals surface area contributed by atoms with E-state index in [2.05, 4.69) is 140 Å². The molecule has 65 heavy (non-hydrogen) atoms. The summed E-state index contributed by atoms with van der Waals surface area (Å²) in [6, 6.07) is 20.9. The van der Waals surface area contributed by atoms with Gasteiger partial charge in [-0.25, -0.2) is 0 Å². The van der Waals surface area contributed by atoms with Crippen LogP contribution in [0.1, 0.15) is 217 Å². The number of nitrogens with zero attached hydrogens (tertiary/aromatic N) is 2. The summed E-state index contributed by atoms with van der Waals surface area (Å²) >= 11 is 5.50. The Kier molecular flexibility index (Phi) is 15.8. The highest BCUT2D eigenvalue weighted by Gasteiger charge is 2.49. The van der Waals surface area contributed by atoms with Crippen LogP contribution in [0.25, 0.3) is 53.1 Å². The van der Waals surface area contributed by atoms with E-state index in [1.807, 2.05) is 0 Å². The second-order valence-corrected chi connectivity index (χ2v) is 24.0. The Morgan fingerprint density at radius 2 is 0.892 bits per heavy atom. The van der Waals surface area contributed by atoms with Gasteiger partial charge in [0.2, 0.25) is 0 Å². The van der Waals surface area contributed by atoms with Crippen molar-refractivity contribution in [2.45, 2.75) is 208 Å². The molecule has 3 aromatic carbocycles. The first-order valence-electron chi connectivity index (χ1n) is 26.7. The van der Waals surface area contributed by atoms with E-state index < -0.39 is 0 Å². The third kappa shape index (κ3) is 9.24. The number of thiophene rings is 2. The molecule has 3 aromatic heterocycles. The first-order valence-corrected chi connectivity index (χ1v) is 29.1. The maximum Gasteiger partial charge on any atom is 0.113 e. The van der Waals surface area contributed by atoms with Gasteiger partial charge in [-0.2, -0.15) is 8.75 Å². The van der Waals surface area contributed by atoms with Crippen molar-refractivity contribution in [3.63, 3.8) is 0 Å². The van der Waals surface area contributed by atoms with E-state index in [0.717, 1.165) is 22.9 Å². The molecule has 6 aromatic rings. The molecule has 4 atom stereocenters. The average Bonchev–Trinajstić information content (AvgIpc) is 4.15. The number of rotatable bonds is 25. The van der Waals surface area contributed by atoms with Gasteiger partial charge in [-0.3, -0.25) is 0 Å². The number of benzene rings is 3. The highest BCUT2D eigenvalue weighted by molar-refractivity contribution is 7.19. The van der Waals surface area contributed by atoms with Crippen molar-refractivity contribution in [3.8, 4) is 31.3 Å². The van der Waals surface area contributed by atoms with E-state index in [9.17, 15) is 0 Å². The summed E-state index contributed by atoms with van der Waals surface area (Å²) in [5, 5.41) is 2.92. The molecule has 0 fully saturated rings. The van der Waals surface area contributed by atoms with Crippen LogP contribution in [0.2, 0.25) is 0 Å². The van der Waals surface area contributed by atoms with Crippen LogP contribution in [-0.2, 0) is 10.8 Å². The van der Waals surface area contributed by atoms with E-state index in [4.69, 9.17) is 8.75 Å². The minimum Gasteiger partial charge on any atom is -0.173 e. The zero-order chi connectivity index (χ0) is 45.9. The van der Waals surface area contributed by atoms with Crippen molar-refractivity contribution in [1.29, 1.82) is 0 Å². The number of fused-ring (bicyclic) bond motifs is 8. The molecule has 2 aliphatic carbocycles. The Labute approximate surface area is 407 Å². The first-order chi connectivity index (χ1) is 31.6. The van der Waals surface area contributed by atoms with Gasteiger partial charge in [0.05, 0.1) is 11.7 Å². The largest absolute Gasteiger partial charge is 0.173 e. The molecular formula is C60H82N2S3. The molecule has 2 nitrogen and oxygen atoms in total. The maximum atomic E-state index is 4.94. The van der Waals surface area contributed by atoms with Gasteiger partial charge in [-0.1, -0.05) is 170 Å². The fourth-order valence-corrected chi connectivity index (χ4v) is 16.0. The number of aromatic nitrogens is 2. The molecule has 0 saturated carbocycles. The lowest BCUT2D eigenvalue weighted by Gasteiger charge is -2.39. The molecule has 0 spiro atoms. The van der Waals surface area contributed by atoms with E-state index >= 15 is 0 Å². The Bertz CT molecular complexity index is 2490. The molecule has 3 heterocycles. The molecular weight excluding hydrogens is 845 g/mol. The van der Waals surface area contributed by atoms with Crippen molar-refractivity contribution in [2.75, 3.05) is 0 Å². The molecule has 0 saturated heterocycles. The van der Waals surface area contributed by atoms with Crippen molar-refractivity contribution < 1.29 is 0 Å². The summed E-state index contributed by atoms with van der Waals surface area (Å²) in [7, 11) is 0. The van der Waals surface area contributed by atoms with Crippen LogP contribution in [-0.4, -0.2) is 8.75 Å². The van der Waals surface area contributed by atoms with Gasteiger partial charge in [-0.05, 0) is 149 Å². The number of aryl methyl sites for hydroxylation is 2. The Morgan fingerprint density at radius 3 is 1.34 bits per heavy atom. The summed E-state index contributed by atoms with van der Waals surface area (Å²) in [6.45, 7) is 24.0. The second-order valence-electron chi connectivity index (χ2n) is 21.1. The fraction of sp³-hybridized carbons (Fsp3) is 0.600. The van der Waals surface area contributed by atoms with Gasteiger partial charge in [0.25, 0.3) is 0 Å². The van der Waals surface area contributed by atoms with Crippen LogP contribution >= 0.6 is 34.4 Å². The van der Waals surface area contributed by atoms with Crippen LogP contribution in [0.4, 0.5) is 0 Å². The van der Waals surface area contributed by atoms with E-state index in [0.29, 0.717) is 11.8 Å². The Balaban J connectivity index is 1.38. The third-order valence-corrected chi connectivity index (χ3v) is 19.7. The lowest BCUT2D eigenvalue weighted by Crippen LogP contribution is -2.31. The lowest BCUT2D eigenvalue weighted by molar-refractivity contribution is 0.266. The molecule has 5 heteroatoms. The summed E-state index contributed by atoms with van der Waals surface area (Å²) in [6.07, 6.45) is 25.8. The highest BCUT2D eigenvalue weighted by atomic mass is 32.1. The monoisotopic (exact) mass is 927 g/mol. The standard InChI is InChI=1S/C60H82N2S3/c1-11-19-23-41(15-5)35-59(36-42(16-6)24-20-12-2)50-32-46-31-49-51(33-45(46)30-48(50)57-52(59)29-40(10)63-57)60(37-43(17-7)25-21-13-3,38-44(18-8)26-22-14-4)53-34-54(64-58(49)53)47-28-27-39(9)55-56(47)62-65-61-55/h27-34,41-44H,11-26,35-38H2,1-10H3. The summed E-state index contributed by atoms with van der Waals surface area (Å²) in [4.78, 5) is 5.97. The molecule has 4 unspecified atom stereocenters. The first kappa shape index (κ1) is 48.6. The molecule has 2 aliphatic rings. The van der Waals surface area contributed by atoms with Crippen molar-refractivity contribution in [2.24, 2.45) is 23.7 Å². The van der Waals surface area contributed by atoms with Crippen molar-refractivity contribution >= 4 is 56.2 Å². The quantitative estimate of drug-likeness (QED) is 0.0572. The molecule has 350 valence electrons. The second kappa shape index (κ2) is 21.2. The number of hydrogen-bond donors (Lipinski definition) is 0. The predicted octanol–water partition coefficient (Wildman–Crippen LogP) is 20.2. The SMILES string of the molecule is CCCCC(CC)CC1(CC(CC)CCCC)c2cc3cc4c(cc3cc2-c2sc(C)cc21)C(CC(CC)CCCC)(CC(CC)CCCC)c1cc(-c2ccc(C)c3nsnc23)sc1-4. The Morgan fingerprint density at radius 1 is 0.462 bits per heavy atom. The van der Waals surface area contributed by atoms with Crippen LogP contribution < -0.4 is 0 Å². The molecule has 0 amide bonds. The fourth-order valence-electron chi connectivity index (χ4n) is 12.9. The average molecular weight is 928 g/mol. The maximum absolute atomic E-state index is 4.94. The molecule has 0 aliphatic heterocycles. The van der Waals surface area contributed by atoms with Gasteiger partial charge in [0.15, 0.2) is 0 Å². The van der Waals surface area contributed by atoms with Crippen LogP contribution in [0.15, 0.2) is 48.5 Å². The number of hydrogen-bond acceptors (Lipinski definition) is 5. The smallest absolute Gasteiger partial charge is 0.113 e. The molecule has 0 N–H and O–H groups in total. The zero-order valence-corrected chi connectivity index (χ0v) is 44.6. The summed E-state index contributed by atoms with van der Waals surface area (Å²) < 4.78 is 9.73. The van der Waals surface area contributed by atoms with Gasteiger partial charge in [0, 0.05) is 35.9 Å². The lowest BCUT2D eigenvalue weighted by atomic mass is 9.64. The third-order valence-electron chi connectivity index (χ3n) is 16.9. The minimum absolute atomic E-state index is 0.0186. The van der Waals surface area contributed by atoms with Gasteiger partial charge in [0.1, 0.15) is 11.0 Å². The van der Waals surface area contributed by atoms with Crippen LogP contribution in [0.3, 0.4) is 0 Å². The topological polar surface area (TPSA) is 25.8 Å². The molecule has 0 radical (unpaired) electrons. The highest BCUT2D eigenvalue weighted by Crippen LogP contribution is 2.63. The van der Waals surface area contributed by atoms with Crippen molar-refractivity contribution in [1.82, 2.24) is 8.75 Å². The summed E-state index contributed by atoms with van der Waals surface area (Å²) in [5.74, 6) is 2.86. The van der Waals surface area contributed by atoms with Gasteiger partial charge >= 0.3 is 0 Å². The van der Waals surface area contributed by atoms with Gasteiger partial charge < -0.3 is 0 Å². The van der Waals surface area contributed by atoms with Gasteiger partial charge in [-0.15, -0.1) is 22.7 Å². The molecule has 0 bridgehead atoms. The van der Waals surface area contributed by atoms with Crippen molar-refractivity contribution in [3.05, 3.63) is 81.2 Å². The normalized spacial score (nSPS) is 19.4. The minimum atomic E-state index is -0.0186. The zero-order valence-electron chi connectivity index (χ0n) is 42.2. The van der Waals surface area contributed by atoms with E-state index in [1.54, 1.807) is 32.7 Å². The van der Waals surface area contributed by atoms with E-state index in [-0.39, 0.29) is 10.8 Å². The van der Waals surface area contributed by atoms with Crippen LogP contribution in [0.5, 0.6) is 0 Å².